The number of aromatic nitrogens is 2. The van der Waals surface area contributed by atoms with Crippen LogP contribution in [0, 0.1) is 0 Å². The van der Waals surface area contributed by atoms with Crippen LogP contribution < -0.4 is 10.2 Å². The molecule has 6 nitrogen and oxygen atoms in total. The van der Waals surface area contributed by atoms with Crippen LogP contribution >= 0.6 is 0 Å². The molecule has 0 radical (unpaired) electrons. The second kappa shape index (κ2) is 7.19. The Morgan fingerprint density at radius 2 is 1.91 bits per heavy atom. The summed E-state index contributed by atoms with van der Waals surface area (Å²) in [6.45, 7) is 4.93. The molecule has 1 aliphatic heterocycles. The molecule has 1 aliphatic rings. The lowest BCUT2D eigenvalue weighted by Crippen LogP contribution is -2.37. The van der Waals surface area contributed by atoms with E-state index in [1.54, 1.807) is 6.20 Å². The largest absolute Gasteiger partial charge is 0.378 e. The number of anilines is 1. The summed E-state index contributed by atoms with van der Waals surface area (Å²) in [5.41, 5.74) is 1.38. The van der Waals surface area contributed by atoms with Gasteiger partial charge in [-0.25, -0.2) is 9.97 Å². The summed E-state index contributed by atoms with van der Waals surface area (Å²) < 4.78 is 5.31. The van der Waals surface area contributed by atoms with Gasteiger partial charge in [0.25, 0.3) is 5.91 Å². The van der Waals surface area contributed by atoms with Gasteiger partial charge in [-0.3, -0.25) is 4.79 Å². The molecule has 1 fully saturated rings. The van der Waals surface area contributed by atoms with Crippen LogP contribution in [0.15, 0.2) is 42.7 Å². The van der Waals surface area contributed by atoms with Crippen molar-refractivity contribution < 1.29 is 9.53 Å². The van der Waals surface area contributed by atoms with Gasteiger partial charge < -0.3 is 15.0 Å². The smallest absolute Gasteiger partial charge is 0.271 e. The first kappa shape index (κ1) is 15.4. The second-order valence-electron chi connectivity index (χ2n) is 5.47. The van der Waals surface area contributed by atoms with Crippen molar-refractivity contribution in [3.63, 3.8) is 0 Å². The van der Waals surface area contributed by atoms with Crippen molar-refractivity contribution in [2.24, 2.45) is 0 Å². The van der Waals surface area contributed by atoms with Gasteiger partial charge >= 0.3 is 0 Å². The Balaban J connectivity index is 1.63. The van der Waals surface area contributed by atoms with Crippen molar-refractivity contribution in [2.75, 3.05) is 31.2 Å². The minimum absolute atomic E-state index is 0.0792. The molecular formula is C17H20N4O2. The van der Waals surface area contributed by atoms with E-state index < -0.39 is 0 Å². The predicted octanol–water partition coefficient (Wildman–Crippen LogP) is 1.80. The maximum absolute atomic E-state index is 12.3. The molecule has 1 aromatic heterocycles. The van der Waals surface area contributed by atoms with Crippen LogP contribution in [0.5, 0.6) is 0 Å². The van der Waals surface area contributed by atoms with E-state index in [-0.39, 0.29) is 11.9 Å². The lowest BCUT2D eigenvalue weighted by atomic mass is 10.1. The zero-order valence-corrected chi connectivity index (χ0v) is 13.1. The number of benzene rings is 1. The summed E-state index contributed by atoms with van der Waals surface area (Å²) in [6, 6.07) is 9.75. The first-order chi connectivity index (χ1) is 11.2. The Hall–Kier alpha value is -2.47. The van der Waals surface area contributed by atoms with Crippen LogP contribution in [0.2, 0.25) is 0 Å². The number of rotatable bonds is 4. The fourth-order valence-electron chi connectivity index (χ4n) is 2.49. The lowest BCUT2D eigenvalue weighted by molar-refractivity contribution is 0.0934. The van der Waals surface area contributed by atoms with Crippen LogP contribution in [0.1, 0.15) is 29.0 Å². The van der Waals surface area contributed by atoms with Crippen molar-refractivity contribution in [2.45, 2.75) is 13.0 Å². The van der Waals surface area contributed by atoms with E-state index in [1.165, 1.54) is 6.20 Å². The number of hydrogen-bond acceptors (Lipinski definition) is 5. The minimum Gasteiger partial charge on any atom is -0.378 e. The summed E-state index contributed by atoms with van der Waals surface area (Å²) in [4.78, 5) is 23.0. The normalized spacial score (nSPS) is 16.0. The summed E-state index contributed by atoms with van der Waals surface area (Å²) >= 11 is 0. The van der Waals surface area contributed by atoms with Crippen molar-refractivity contribution in [1.82, 2.24) is 15.3 Å². The molecule has 0 aliphatic carbocycles. The third-order valence-electron chi connectivity index (χ3n) is 3.85. The molecule has 6 heteroatoms. The predicted molar refractivity (Wildman–Crippen MR) is 87.4 cm³/mol. The Kier molecular flexibility index (Phi) is 4.83. The van der Waals surface area contributed by atoms with Gasteiger partial charge in [0.2, 0.25) is 0 Å². The molecule has 2 heterocycles. The molecule has 3 rings (SSSR count). The maximum Gasteiger partial charge on any atom is 0.271 e. The first-order valence-electron chi connectivity index (χ1n) is 7.74. The number of morpholine rings is 1. The fourth-order valence-corrected chi connectivity index (χ4v) is 2.49. The Morgan fingerprint density at radius 3 is 2.57 bits per heavy atom. The average molecular weight is 312 g/mol. The standard InChI is InChI=1S/C17H20N4O2/c1-13(14-5-3-2-4-6-14)20-17(22)15-11-19-16(12-18-15)21-7-9-23-10-8-21/h2-6,11-13H,7-10H2,1H3,(H,20,22). The molecule has 1 saturated heterocycles. The first-order valence-corrected chi connectivity index (χ1v) is 7.74. The second-order valence-corrected chi connectivity index (χ2v) is 5.47. The highest BCUT2D eigenvalue weighted by molar-refractivity contribution is 5.92. The van der Waals surface area contributed by atoms with Crippen LogP contribution in [0.4, 0.5) is 5.82 Å². The Bertz CT molecular complexity index is 639. The molecule has 0 bridgehead atoms. The number of nitrogens with one attached hydrogen (secondary N) is 1. The van der Waals surface area contributed by atoms with Gasteiger partial charge in [0, 0.05) is 13.1 Å². The SMILES string of the molecule is CC(NC(=O)c1cnc(N2CCOCC2)cn1)c1ccccc1. The summed E-state index contributed by atoms with van der Waals surface area (Å²) in [5, 5.41) is 2.94. The monoisotopic (exact) mass is 312 g/mol. The molecule has 2 aromatic rings. The molecule has 1 unspecified atom stereocenters. The molecular weight excluding hydrogens is 292 g/mol. The minimum atomic E-state index is -0.220. The van der Waals surface area contributed by atoms with E-state index in [1.807, 2.05) is 37.3 Å². The number of carbonyl (C=O) groups is 1. The van der Waals surface area contributed by atoms with Crippen LogP contribution in [0.25, 0.3) is 0 Å². The Labute approximate surface area is 135 Å². The van der Waals surface area contributed by atoms with Gasteiger partial charge in [-0.15, -0.1) is 0 Å². The van der Waals surface area contributed by atoms with Gasteiger partial charge in [0.15, 0.2) is 0 Å². The molecule has 1 N–H and O–H groups in total. The number of hydrogen-bond donors (Lipinski definition) is 1. The van der Waals surface area contributed by atoms with E-state index >= 15 is 0 Å². The zero-order chi connectivity index (χ0) is 16.1. The third-order valence-corrected chi connectivity index (χ3v) is 3.85. The van der Waals surface area contributed by atoms with Crippen molar-refractivity contribution in [3.05, 3.63) is 54.0 Å². The zero-order valence-electron chi connectivity index (χ0n) is 13.1. The van der Waals surface area contributed by atoms with E-state index in [2.05, 4.69) is 20.2 Å². The Morgan fingerprint density at radius 1 is 1.17 bits per heavy atom. The van der Waals surface area contributed by atoms with Crippen LogP contribution in [-0.2, 0) is 4.74 Å². The van der Waals surface area contributed by atoms with Crippen molar-refractivity contribution in [1.29, 1.82) is 0 Å². The maximum atomic E-state index is 12.3. The number of amides is 1. The van der Waals surface area contributed by atoms with Gasteiger partial charge in [0.1, 0.15) is 11.5 Å². The van der Waals surface area contributed by atoms with E-state index in [9.17, 15) is 4.79 Å². The highest BCUT2D eigenvalue weighted by atomic mass is 16.5. The molecule has 1 amide bonds. The molecule has 23 heavy (non-hydrogen) atoms. The van der Waals surface area contributed by atoms with Gasteiger partial charge in [-0.1, -0.05) is 30.3 Å². The molecule has 0 saturated carbocycles. The number of carbonyl (C=O) groups excluding carboxylic acids is 1. The summed E-state index contributed by atoms with van der Waals surface area (Å²) in [6.07, 6.45) is 3.17. The number of nitrogens with zero attached hydrogens (tertiary/aromatic N) is 3. The van der Waals surface area contributed by atoms with E-state index in [4.69, 9.17) is 4.74 Å². The highest BCUT2D eigenvalue weighted by Crippen LogP contribution is 2.13. The molecule has 1 atom stereocenters. The molecule has 1 aromatic carbocycles. The lowest BCUT2D eigenvalue weighted by Gasteiger charge is -2.27. The topological polar surface area (TPSA) is 67.4 Å². The quantitative estimate of drug-likeness (QED) is 0.932. The van der Waals surface area contributed by atoms with Crippen molar-refractivity contribution >= 4 is 11.7 Å². The van der Waals surface area contributed by atoms with Gasteiger partial charge in [0.05, 0.1) is 31.6 Å². The average Bonchev–Trinajstić information content (AvgIpc) is 2.63. The summed E-state index contributed by atoms with van der Waals surface area (Å²) in [7, 11) is 0. The van der Waals surface area contributed by atoms with E-state index in [0.717, 1.165) is 24.5 Å². The molecule has 0 spiro atoms. The number of ether oxygens (including phenoxy) is 1. The van der Waals surface area contributed by atoms with Crippen LogP contribution in [0.3, 0.4) is 0 Å². The summed E-state index contributed by atoms with van der Waals surface area (Å²) in [5.74, 6) is 0.559. The molecule has 120 valence electrons. The third kappa shape index (κ3) is 3.84. The van der Waals surface area contributed by atoms with E-state index in [0.29, 0.717) is 18.9 Å². The van der Waals surface area contributed by atoms with Crippen LogP contribution in [-0.4, -0.2) is 42.2 Å². The van der Waals surface area contributed by atoms with Gasteiger partial charge in [-0.2, -0.15) is 0 Å². The fraction of sp³-hybridized carbons (Fsp3) is 0.353. The highest BCUT2D eigenvalue weighted by Gasteiger charge is 2.16. The van der Waals surface area contributed by atoms with Crippen molar-refractivity contribution in [3.8, 4) is 0 Å². The van der Waals surface area contributed by atoms with Gasteiger partial charge in [-0.05, 0) is 12.5 Å².